The lowest BCUT2D eigenvalue weighted by Crippen LogP contribution is -2.25. The van der Waals surface area contributed by atoms with Gasteiger partial charge >= 0.3 is 0 Å². The molecule has 0 atom stereocenters. The van der Waals surface area contributed by atoms with E-state index in [0.717, 1.165) is 16.9 Å². The number of fused-ring (bicyclic) bond motifs is 1. The fraction of sp³-hybridized carbons (Fsp3) is 0.133. The zero-order valence-corrected chi connectivity index (χ0v) is 11.1. The fourth-order valence-corrected chi connectivity index (χ4v) is 2.10. The normalized spacial score (nSPS) is 10.7. The molecule has 20 heavy (non-hydrogen) atoms. The summed E-state index contributed by atoms with van der Waals surface area (Å²) in [6.45, 7) is 0.376. The van der Waals surface area contributed by atoms with Crippen LogP contribution in [-0.4, -0.2) is 20.4 Å². The molecule has 5 nitrogen and oxygen atoms in total. The molecular weight excluding hydrogens is 252 g/mol. The molecule has 0 saturated carbocycles. The number of carbonyl (C=O) groups excluding carboxylic acids is 1. The average Bonchev–Trinajstić information content (AvgIpc) is 2.83. The highest BCUT2D eigenvalue weighted by atomic mass is 16.1. The Kier molecular flexibility index (Phi) is 3.16. The summed E-state index contributed by atoms with van der Waals surface area (Å²) in [5.41, 5.74) is 2.39. The summed E-state index contributed by atoms with van der Waals surface area (Å²) in [7, 11) is 1.94. The Morgan fingerprint density at radius 1 is 1.20 bits per heavy atom. The second-order valence-electron chi connectivity index (χ2n) is 4.47. The summed E-state index contributed by atoms with van der Waals surface area (Å²) >= 11 is 0. The van der Waals surface area contributed by atoms with Crippen molar-refractivity contribution in [3.8, 4) is 0 Å². The maximum Gasteiger partial charge on any atom is 0.270 e. The second kappa shape index (κ2) is 5.13. The first-order valence-electron chi connectivity index (χ1n) is 6.35. The van der Waals surface area contributed by atoms with E-state index in [9.17, 15) is 4.79 Å². The minimum absolute atomic E-state index is 0.197. The number of carbonyl (C=O) groups is 1. The van der Waals surface area contributed by atoms with Crippen molar-refractivity contribution < 1.29 is 4.79 Å². The number of rotatable bonds is 3. The molecule has 2 heterocycles. The SMILES string of the molecule is Cn1c(CNC(=O)c2ccccn2)nc2ccccc21. The van der Waals surface area contributed by atoms with Gasteiger partial charge in [-0.05, 0) is 24.3 Å². The number of pyridine rings is 1. The lowest BCUT2D eigenvalue weighted by Gasteiger charge is -2.04. The lowest BCUT2D eigenvalue weighted by molar-refractivity contribution is 0.0944. The molecule has 100 valence electrons. The Morgan fingerprint density at radius 2 is 2.00 bits per heavy atom. The fourth-order valence-electron chi connectivity index (χ4n) is 2.10. The zero-order valence-electron chi connectivity index (χ0n) is 11.1. The number of aromatic nitrogens is 3. The summed E-state index contributed by atoms with van der Waals surface area (Å²) < 4.78 is 1.98. The number of nitrogens with one attached hydrogen (secondary N) is 1. The van der Waals surface area contributed by atoms with Crippen LogP contribution >= 0.6 is 0 Å². The van der Waals surface area contributed by atoms with E-state index < -0.39 is 0 Å². The standard InChI is InChI=1S/C15H14N4O/c1-19-13-8-3-2-6-11(13)18-14(19)10-17-15(20)12-7-4-5-9-16-12/h2-9H,10H2,1H3,(H,17,20). The quantitative estimate of drug-likeness (QED) is 0.787. The number of nitrogens with zero attached hydrogens (tertiary/aromatic N) is 3. The maximum absolute atomic E-state index is 11.9. The Balaban J connectivity index is 1.77. The van der Waals surface area contributed by atoms with Gasteiger partial charge in [-0.15, -0.1) is 0 Å². The van der Waals surface area contributed by atoms with Gasteiger partial charge in [-0.2, -0.15) is 0 Å². The van der Waals surface area contributed by atoms with Crippen molar-refractivity contribution >= 4 is 16.9 Å². The maximum atomic E-state index is 11.9. The van der Waals surface area contributed by atoms with E-state index in [4.69, 9.17) is 0 Å². The van der Waals surface area contributed by atoms with Gasteiger partial charge in [-0.1, -0.05) is 18.2 Å². The molecule has 0 spiro atoms. The molecule has 5 heteroatoms. The van der Waals surface area contributed by atoms with Gasteiger partial charge in [0, 0.05) is 13.2 Å². The van der Waals surface area contributed by atoms with Crippen LogP contribution in [0.25, 0.3) is 11.0 Å². The molecule has 0 radical (unpaired) electrons. The van der Waals surface area contributed by atoms with Crippen molar-refractivity contribution in [2.75, 3.05) is 0 Å². The number of amides is 1. The van der Waals surface area contributed by atoms with E-state index in [1.54, 1.807) is 24.4 Å². The molecule has 2 aromatic heterocycles. The van der Waals surface area contributed by atoms with Gasteiger partial charge in [0.1, 0.15) is 11.5 Å². The largest absolute Gasteiger partial charge is 0.343 e. The van der Waals surface area contributed by atoms with E-state index in [0.29, 0.717) is 12.2 Å². The van der Waals surface area contributed by atoms with Crippen LogP contribution in [0.4, 0.5) is 0 Å². The van der Waals surface area contributed by atoms with Gasteiger partial charge in [0.25, 0.3) is 5.91 Å². The molecule has 0 aliphatic rings. The summed E-state index contributed by atoms with van der Waals surface area (Å²) in [6, 6.07) is 13.1. The van der Waals surface area contributed by atoms with Gasteiger partial charge in [-0.25, -0.2) is 4.98 Å². The predicted molar refractivity (Wildman–Crippen MR) is 76.1 cm³/mol. The number of benzene rings is 1. The van der Waals surface area contributed by atoms with Crippen LogP contribution in [0.2, 0.25) is 0 Å². The first-order chi connectivity index (χ1) is 9.75. The topological polar surface area (TPSA) is 59.8 Å². The molecule has 3 aromatic rings. The molecule has 1 aromatic carbocycles. The van der Waals surface area contributed by atoms with E-state index in [1.165, 1.54) is 0 Å². The van der Waals surface area contributed by atoms with E-state index in [2.05, 4.69) is 15.3 Å². The smallest absolute Gasteiger partial charge is 0.270 e. The lowest BCUT2D eigenvalue weighted by atomic mass is 10.3. The summed E-state index contributed by atoms with van der Waals surface area (Å²) in [6.07, 6.45) is 1.60. The van der Waals surface area contributed by atoms with Gasteiger partial charge in [0.2, 0.25) is 0 Å². The van der Waals surface area contributed by atoms with E-state index in [-0.39, 0.29) is 5.91 Å². The highest BCUT2D eigenvalue weighted by molar-refractivity contribution is 5.92. The van der Waals surface area contributed by atoms with Crippen LogP contribution in [0.3, 0.4) is 0 Å². The van der Waals surface area contributed by atoms with Crippen LogP contribution in [0.1, 0.15) is 16.3 Å². The van der Waals surface area contributed by atoms with Gasteiger partial charge in [0.05, 0.1) is 17.6 Å². The van der Waals surface area contributed by atoms with Crippen LogP contribution < -0.4 is 5.32 Å². The molecule has 3 rings (SSSR count). The summed E-state index contributed by atoms with van der Waals surface area (Å²) in [5, 5.41) is 2.83. The molecule has 0 fully saturated rings. The van der Waals surface area contributed by atoms with Gasteiger partial charge < -0.3 is 9.88 Å². The van der Waals surface area contributed by atoms with Crippen LogP contribution in [-0.2, 0) is 13.6 Å². The van der Waals surface area contributed by atoms with Crippen LogP contribution in [0.15, 0.2) is 48.7 Å². The number of para-hydroxylation sites is 2. The highest BCUT2D eigenvalue weighted by Gasteiger charge is 2.10. The van der Waals surface area contributed by atoms with Crippen LogP contribution in [0, 0.1) is 0 Å². The average molecular weight is 266 g/mol. The Bertz CT molecular complexity index is 749. The van der Waals surface area contributed by atoms with Crippen LogP contribution in [0.5, 0.6) is 0 Å². The van der Waals surface area contributed by atoms with E-state index >= 15 is 0 Å². The van der Waals surface area contributed by atoms with E-state index in [1.807, 2.05) is 35.9 Å². The summed E-state index contributed by atoms with van der Waals surface area (Å²) in [5.74, 6) is 0.619. The molecule has 0 unspecified atom stereocenters. The predicted octanol–water partition coefficient (Wildman–Crippen LogP) is 1.90. The van der Waals surface area contributed by atoms with Gasteiger partial charge in [-0.3, -0.25) is 9.78 Å². The third-order valence-corrected chi connectivity index (χ3v) is 3.18. The Labute approximate surface area is 116 Å². The number of hydrogen-bond acceptors (Lipinski definition) is 3. The monoisotopic (exact) mass is 266 g/mol. The van der Waals surface area contributed by atoms with Crippen molar-refractivity contribution in [3.63, 3.8) is 0 Å². The highest BCUT2D eigenvalue weighted by Crippen LogP contribution is 2.13. The minimum atomic E-state index is -0.197. The van der Waals surface area contributed by atoms with Gasteiger partial charge in [0.15, 0.2) is 0 Å². The molecule has 1 N–H and O–H groups in total. The Hall–Kier alpha value is -2.69. The number of imidazole rings is 1. The molecular formula is C15H14N4O. The van der Waals surface area contributed by atoms with Crippen molar-refractivity contribution in [1.82, 2.24) is 19.9 Å². The first kappa shape index (κ1) is 12.3. The molecule has 1 amide bonds. The molecule has 0 bridgehead atoms. The third-order valence-electron chi connectivity index (χ3n) is 3.18. The number of aryl methyl sites for hydroxylation is 1. The molecule has 0 saturated heterocycles. The minimum Gasteiger partial charge on any atom is -0.343 e. The molecule has 0 aliphatic heterocycles. The number of hydrogen-bond donors (Lipinski definition) is 1. The first-order valence-corrected chi connectivity index (χ1v) is 6.35. The van der Waals surface area contributed by atoms with Crippen molar-refractivity contribution in [1.29, 1.82) is 0 Å². The second-order valence-corrected chi connectivity index (χ2v) is 4.47. The van der Waals surface area contributed by atoms with Crippen molar-refractivity contribution in [3.05, 3.63) is 60.2 Å². The Morgan fingerprint density at radius 3 is 2.75 bits per heavy atom. The third kappa shape index (κ3) is 2.25. The van der Waals surface area contributed by atoms with Crippen molar-refractivity contribution in [2.24, 2.45) is 7.05 Å². The van der Waals surface area contributed by atoms with Crippen molar-refractivity contribution in [2.45, 2.75) is 6.54 Å². The molecule has 0 aliphatic carbocycles. The zero-order chi connectivity index (χ0) is 13.9. The summed E-state index contributed by atoms with van der Waals surface area (Å²) in [4.78, 5) is 20.5.